The van der Waals surface area contributed by atoms with Crippen molar-refractivity contribution in [1.29, 1.82) is 5.26 Å². The van der Waals surface area contributed by atoms with E-state index in [0.29, 0.717) is 11.2 Å². The van der Waals surface area contributed by atoms with E-state index in [0.717, 1.165) is 54.4 Å². The maximum Gasteiger partial charge on any atom is 0.147 e. The summed E-state index contributed by atoms with van der Waals surface area (Å²) in [5, 5.41) is 14.5. The molecule has 0 unspecified atom stereocenters. The van der Waals surface area contributed by atoms with Crippen LogP contribution in [0.3, 0.4) is 0 Å². The molecule has 5 rings (SSSR count). The average molecular weight is 365 g/mol. The third kappa shape index (κ3) is 2.14. The SMILES string of the molecule is N#Cc1c[nH]c2ncnc(N3CC4(CCNCC4)c4cc(Cl)ccc43)c12. The molecule has 1 fully saturated rings. The zero-order valence-electron chi connectivity index (χ0n) is 14.1. The molecule has 0 radical (unpaired) electrons. The number of fused-ring (bicyclic) bond motifs is 3. The van der Waals surface area contributed by atoms with Crippen LogP contribution in [-0.2, 0) is 5.41 Å². The van der Waals surface area contributed by atoms with Gasteiger partial charge in [0.15, 0.2) is 0 Å². The topological polar surface area (TPSA) is 80.6 Å². The highest BCUT2D eigenvalue weighted by atomic mass is 35.5. The fourth-order valence-corrected chi connectivity index (χ4v) is 4.57. The van der Waals surface area contributed by atoms with Crippen molar-refractivity contribution in [3.63, 3.8) is 0 Å². The molecule has 1 spiro atoms. The van der Waals surface area contributed by atoms with Crippen LogP contribution in [0.15, 0.2) is 30.7 Å². The third-order valence-electron chi connectivity index (χ3n) is 5.67. The molecule has 2 N–H and O–H groups in total. The molecular formula is C19H17ClN6. The molecule has 3 aromatic rings. The Morgan fingerprint density at radius 2 is 2.08 bits per heavy atom. The maximum atomic E-state index is 9.50. The fraction of sp³-hybridized carbons (Fsp3) is 0.316. The quantitative estimate of drug-likeness (QED) is 0.692. The predicted octanol–water partition coefficient (Wildman–Crippen LogP) is 3.26. The van der Waals surface area contributed by atoms with Crippen molar-refractivity contribution < 1.29 is 0 Å². The summed E-state index contributed by atoms with van der Waals surface area (Å²) in [4.78, 5) is 14.2. The van der Waals surface area contributed by atoms with Crippen LogP contribution in [0.25, 0.3) is 11.0 Å². The number of aromatic nitrogens is 3. The van der Waals surface area contributed by atoms with Crippen molar-refractivity contribution in [3.05, 3.63) is 46.9 Å². The molecule has 2 aromatic heterocycles. The van der Waals surface area contributed by atoms with E-state index in [-0.39, 0.29) is 5.41 Å². The molecule has 4 heterocycles. The van der Waals surface area contributed by atoms with Crippen LogP contribution in [0.4, 0.5) is 11.5 Å². The fourth-order valence-electron chi connectivity index (χ4n) is 4.40. The number of halogens is 1. The number of hydrogen-bond donors (Lipinski definition) is 2. The maximum absolute atomic E-state index is 9.50. The highest BCUT2D eigenvalue weighted by molar-refractivity contribution is 6.30. The molecule has 26 heavy (non-hydrogen) atoms. The van der Waals surface area contributed by atoms with Crippen molar-refractivity contribution in [2.45, 2.75) is 18.3 Å². The Morgan fingerprint density at radius 1 is 1.23 bits per heavy atom. The van der Waals surface area contributed by atoms with Gasteiger partial charge in [0.2, 0.25) is 0 Å². The van der Waals surface area contributed by atoms with Crippen molar-refractivity contribution in [3.8, 4) is 6.07 Å². The number of rotatable bonds is 1. The Balaban J connectivity index is 1.73. The number of aromatic amines is 1. The Bertz CT molecular complexity index is 1040. The number of benzene rings is 1. The van der Waals surface area contributed by atoms with Gasteiger partial charge in [0.1, 0.15) is 23.9 Å². The van der Waals surface area contributed by atoms with E-state index < -0.39 is 0 Å². The van der Waals surface area contributed by atoms with Gasteiger partial charge in [-0.2, -0.15) is 5.26 Å². The van der Waals surface area contributed by atoms with Gasteiger partial charge in [-0.15, -0.1) is 0 Å². The molecule has 0 aliphatic carbocycles. The average Bonchev–Trinajstić information content (AvgIpc) is 3.22. The molecular weight excluding hydrogens is 348 g/mol. The zero-order valence-corrected chi connectivity index (χ0v) is 14.8. The summed E-state index contributed by atoms with van der Waals surface area (Å²) in [7, 11) is 0. The van der Waals surface area contributed by atoms with Crippen LogP contribution in [0.2, 0.25) is 5.02 Å². The molecule has 0 amide bonds. The summed E-state index contributed by atoms with van der Waals surface area (Å²) in [6, 6.07) is 8.34. The molecule has 0 saturated carbocycles. The van der Waals surface area contributed by atoms with E-state index in [1.54, 1.807) is 12.5 Å². The van der Waals surface area contributed by atoms with Crippen LogP contribution in [0, 0.1) is 11.3 Å². The summed E-state index contributed by atoms with van der Waals surface area (Å²) in [5.41, 5.74) is 3.73. The van der Waals surface area contributed by atoms with Crippen molar-refractivity contribution in [2.75, 3.05) is 24.5 Å². The summed E-state index contributed by atoms with van der Waals surface area (Å²) in [5.74, 6) is 0.784. The van der Waals surface area contributed by atoms with Gasteiger partial charge in [0.05, 0.1) is 10.9 Å². The lowest BCUT2D eigenvalue weighted by molar-refractivity contribution is 0.329. The van der Waals surface area contributed by atoms with Crippen LogP contribution >= 0.6 is 11.6 Å². The molecule has 7 heteroatoms. The Hall–Kier alpha value is -2.62. The minimum absolute atomic E-state index is 0.0614. The number of hydrogen-bond acceptors (Lipinski definition) is 5. The Labute approximate surface area is 155 Å². The second kappa shape index (κ2) is 5.70. The minimum Gasteiger partial charge on any atom is -0.345 e. The van der Waals surface area contributed by atoms with Crippen molar-refractivity contribution in [1.82, 2.24) is 20.3 Å². The normalized spacial score (nSPS) is 18.2. The van der Waals surface area contributed by atoms with Gasteiger partial charge in [0.25, 0.3) is 0 Å². The third-order valence-corrected chi connectivity index (χ3v) is 5.90. The van der Waals surface area contributed by atoms with Gasteiger partial charge in [0, 0.05) is 28.9 Å². The second-order valence-corrected chi connectivity index (χ2v) is 7.45. The number of anilines is 2. The minimum atomic E-state index is 0.0614. The first-order valence-corrected chi connectivity index (χ1v) is 9.10. The smallest absolute Gasteiger partial charge is 0.147 e. The lowest BCUT2D eigenvalue weighted by Crippen LogP contribution is -2.42. The predicted molar refractivity (Wildman–Crippen MR) is 101 cm³/mol. The van der Waals surface area contributed by atoms with Gasteiger partial charge in [-0.25, -0.2) is 9.97 Å². The van der Waals surface area contributed by atoms with Crippen molar-refractivity contribution in [2.24, 2.45) is 0 Å². The van der Waals surface area contributed by atoms with Gasteiger partial charge in [-0.1, -0.05) is 11.6 Å². The number of nitriles is 1. The van der Waals surface area contributed by atoms with E-state index in [1.807, 2.05) is 6.07 Å². The Kier molecular flexibility index (Phi) is 3.42. The van der Waals surface area contributed by atoms with E-state index in [2.05, 4.69) is 43.4 Å². The second-order valence-electron chi connectivity index (χ2n) is 7.01. The summed E-state index contributed by atoms with van der Waals surface area (Å²) in [6.45, 7) is 2.83. The summed E-state index contributed by atoms with van der Waals surface area (Å²) >= 11 is 6.34. The van der Waals surface area contributed by atoms with Gasteiger partial charge in [-0.05, 0) is 49.7 Å². The van der Waals surface area contributed by atoms with E-state index in [4.69, 9.17) is 11.6 Å². The monoisotopic (exact) mass is 364 g/mol. The Morgan fingerprint density at radius 3 is 2.88 bits per heavy atom. The van der Waals surface area contributed by atoms with Crippen LogP contribution in [0.1, 0.15) is 24.0 Å². The first-order chi connectivity index (χ1) is 12.7. The lowest BCUT2D eigenvalue weighted by Gasteiger charge is -2.34. The number of nitrogens with zero attached hydrogens (tertiary/aromatic N) is 4. The van der Waals surface area contributed by atoms with Gasteiger partial charge < -0.3 is 15.2 Å². The van der Waals surface area contributed by atoms with Crippen LogP contribution < -0.4 is 10.2 Å². The molecule has 6 nitrogen and oxygen atoms in total. The molecule has 130 valence electrons. The van der Waals surface area contributed by atoms with Crippen molar-refractivity contribution >= 4 is 34.1 Å². The number of H-pyrrole nitrogens is 1. The largest absolute Gasteiger partial charge is 0.345 e. The summed E-state index contributed by atoms with van der Waals surface area (Å²) < 4.78 is 0. The molecule has 1 saturated heterocycles. The van der Waals surface area contributed by atoms with Crippen LogP contribution in [0.5, 0.6) is 0 Å². The molecule has 2 aliphatic heterocycles. The van der Waals surface area contributed by atoms with Crippen LogP contribution in [-0.4, -0.2) is 34.6 Å². The number of piperidine rings is 1. The van der Waals surface area contributed by atoms with Gasteiger partial charge >= 0.3 is 0 Å². The molecule has 2 aliphatic rings. The molecule has 1 aromatic carbocycles. The highest BCUT2D eigenvalue weighted by Gasteiger charge is 2.44. The standard InChI is InChI=1S/C19H17ClN6/c20-13-1-2-15-14(7-13)19(3-5-22-6-4-19)10-26(15)18-16-12(8-21)9-23-17(16)24-11-25-18/h1-2,7,9,11,22H,3-6,10H2,(H,23,24,25). The molecule has 0 bridgehead atoms. The van der Waals surface area contributed by atoms with Gasteiger partial charge in [-0.3, -0.25) is 0 Å². The summed E-state index contributed by atoms with van der Waals surface area (Å²) in [6.07, 6.45) is 5.37. The lowest BCUT2D eigenvalue weighted by atomic mass is 9.75. The van der Waals surface area contributed by atoms with E-state index in [1.165, 1.54) is 5.56 Å². The first-order valence-electron chi connectivity index (χ1n) is 8.72. The molecule has 0 atom stereocenters. The number of nitrogens with one attached hydrogen (secondary N) is 2. The van der Waals surface area contributed by atoms with E-state index >= 15 is 0 Å². The van der Waals surface area contributed by atoms with E-state index in [9.17, 15) is 5.26 Å². The zero-order chi connectivity index (χ0) is 17.7. The highest BCUT2D eigenvalue weighted by Crippen LogP contribution is 2.50. The first kappa shape index (κ1) is 15.6.